The monoisotopic (exact) mass is 226 g/mol. The van der Waals surface area contributed by atoms with Crippen molar-refractivity contribution in [1.82, 2.24) is 0 Å². The minimum absolute atomic E-state index is 0.221. The lowest BCUT2D eigenvalue weighted by Crippen LogP contribution is -2.37. The molecule has 1 rings (SSSR count). The summed E-state index contributed by atoms with van der Waals surface area (Å²) < 4.78 is 5.83. The van der Waals surface area contributed by atoms with E-state index in [1.807, 2.05) is 6.92 Å². The number of hydrogen-bond acceptors (Lipinski definition) is 2. The Kier molecular flexibility index (Phi) is 4.97. The summed E-state index contributed by atoms with van der Waals surface area (Å²) >= 11 is 0. The van der Waals surface area contributed by atoms with Crippen molar-refractivity contribution in [3.63, 3.8) is 0 Å². The van der Waals surface area contributed by atoms with Crippen LogP contribution in [0.3, 0.4) is 0 Å². The van der Waals surface area contributed by atoms with Crippen molar-refractivity contribution >= 4 is 5.78 Å². The smallest absolute Gasteiger partial charge is 0.158 e. The molecule has 2 atom stereocenters. The molecular weight excluding hydrogens is 200 g/mol. The average molecular weight is 226 g/mol. The lowest BCUT2D eigenvalue weighted by molar-refractivity contribution is -0.129. The maximum Gasteiger partial charge on any atom is 0.158 e. The zero-order valence-electron chi connectivity index (χ0n) is 11.2. The van der Waals surface area contributed by atoms with Crippen molar-refractivity contribution in [2.24, 2.45) is 11.3 Å². The molecule has 0 spiro atoms. The highest BCUT2D eigenvalue weighted by Gasteiger charge is 2.34. The van der Waals surface area contributed by atoms with Gasteiger partial charge in [0.15, 0.2) is 5.78 Å². The van der Waals surface area contributed by atoms with Gasteiger partial charge in [0, 0.05) is 6.42 Å². The van der Waals surface area contributed by atoms with Crippen LogP contribution in [0.1, 0.15) is 59.8 Å². The normalized spacial score (nSPS) is 26.8. The van der Waals surface area contributed by atoms with E-state index in [0.29, 0.717) is 30.5 Å². The first-order valence-electron chi connectivity index (χ1n) is 6.58. The second kappa shape index (κ2) is 5.81. The topological polar surface area (TPSA) is 26.3 Å². The number of rotatable bonds is 4. The van der Waals surface area contributed by atoms with E-state index >= 15 is 0 Å². The van der Waals surface area contributed by atoms with E-state index in [0.717, 1.165) is 6.42 Å². The Labute approximate surface area is 99.8 Å². The third kappa shape index (κ3) is 3.89. The molecule has 0 unspecified atom stereocenters. The van der Waals surface area contributed by atoms with E-state index in [9.17, 15) is 4.79 Å². The van der Waals surface area contributed by atoms with Gasteiger partial charge in [0.2, 0.25) is 0 Å². The van der Waals surface area contributed by atoms with Crippen LogP contribution in [0.5, 0.6) is 0 Å². The molecule has 0 aromatic rings. The van der Waals surface area contributed by atoms with E-state index in [-0.39, 0.29) is 5.78 Å². The Morgan fingerprint density at radius 2 is 1.88 bits per heavy atom. The van der Waals surface area contributed by atoms with Crippen molar-refractivity contribution in [3.8, 4) is 0 Å². The Morgan fingerprint density at radius 3 is 2.44 bits per heavy atom. The maximum atomic E-state index is 11.3. The van der Waals surface area contributed by atoms with Gasteiger partial charge < -0.3 is 4.74 Å². The number of ether oxygens (including phenoxy) is 1. The highest BCUT2D eigenvalue weighted by molar-refractivity contribution is 5.79. The van der Waals surface area contributed by atoms with Crippen LogP contribution < -0.4 is 0 Å². The number of carbonyl (C=O) groups is 1. The van der Waals surface area contributed by atoms with Gasteiger partial charge >= 0.3 is 0 Å². The molecule has 1 fully saturated rings. The molecular formula is C14H26O2. The molecule has 0 amide bonds. The van der Waals surface area contributed by atoms with Crippen molar-refractivity contribution in [1.29, 1.82) is 0 Å². The summed E-state index contributed by atoms with van der Waals surface area (Å²) in [4.78, 5) is 11.3. The molecule has 0 aromatic carbocycles. The Bertz CT molecular complexity index is 227. The summed E-state index contributed by atoms with van der Waals surface area (Å²) in [5.41, 5.74) is 0.292. The molecule has 2 heteroatoms. The molecule has 16 heavy (non-hydrogen) atoms. The first-order valence-corrected chi connectivity index (χ1v) is 6.58. The van der Waals surface area contributed by atoms with Crippen molar-refractivity contribution < 1.29 is 9.53 Å². The van der Waals surface area contributed by atoms with Crippen LogP contribution >= 0.6 is 0 Å². The molecule has 0 heterocycles. The second-order valence-corrected chi connectivity index (χ2v) is 6.00. The van der Waals surface area contributed by atoms with Crippen LogP contribution in [0.15, 0.2) is 0 Å². The minimum atomic E-state index is 0.221. The quantitative estimate of drug-likeness (QED) is 0.732. The molecule has 1 aliphatic rings. The van der Waals surface area contributed by atoms with Crippen molar-refractivity contribution in [2.45, 2.75) is 65.9 Å². The summed E-state index contributed by atoms with van der Waals surface area (Å²) in [5, 5.41) is 0. The standard InChI is InChI=1S/C14H26O2/c1-5-11(15)10-16-13-9-7-6-8-12(13)14(2,3)4/h12-13H,5-10H2,1-4H3/t12-,13+/m0/s1. The highest BCUT2D eigenvalue weighted by Crippen LogP contribution is 2.39. The number of carbonyl (C=O) groups excluding carboxylic acids is 1. The van der Waals surface area contributed by atoms with E-state index in [4.69, 9.17) is 4.74 Å². The second-order valence-electron chi connectivity index (χ2n) is 6.00. The number of ketones is 1. The van der Waals surface area contributed by atoms with E-state index in [1.165, 1.54) is 19.3 Å². The van der Waals surface area contributed by atoms with Gasteiger partial charge in [0.25, 0.3) is 0 Å². The first kappa shape index (κ1) is 13.7. The van der Waals surface area contributed by atoms with Gasteiger partial charge in [-0.15, -0.1) is 0 Å². The minimum Gasteiger partial charge on any atom is -0.370 e. The van der Waals surface area contributed by atoms with Gasteiger partial charge in [-0.3, -0.25) is 4.79 Å². The Hall–Kier alpha value is -0.370. The van der Waals surface area contributed by atoms with Crippen LogP contribution in [-0.4, -0.2) is 18.5 Å². The first-order chi connectivity index (χ1) is 7.45. The third-order valence-corrected chi connectivity index (χ3v) is 3.67. The SMILES string of the molecule is CCC(=O)CO[C@@H]1CCCC[C@@H]1C(C)(C)C. The largest absolute Gasteiger partial charge is 0.370 e. The predicted octanol–water partition coefficient (Wildman–Crippen LogP) is 3.59. The molecule has 0 bridgehead atoms. The fourth-order valence-corrected chi connectivity index (χ4v) is 2.59. The molecule has 0 saturated heterocycles. The average Bonchev–Trinajstić information content (AvgIpc) is 2.25. The molecule has 94 valence electrons. The molecule has 0 radical (unpaired) electrons. The molecule has 2 nitrogen and oxygen atoms in total. The lowest BCUT2D eigenvalue weighted by atomic mass is 9.71. The van der Waals surface area contributed by atoms with Crippen LogP contribution in [0.4, 0.5) is 0 Å². The number of hydrogen-bond donors (Lipinski definition) is 0. The summed E-state index contributed by atoms with van der Waals surface area (Å²) in [6.45, 7) is 9.05. The fraction of sp³-hybridized carbons (Fsp3) is 0.929. The van der Waals surface area contributed by atoms with E-state index in [1.54, 1.807) is 0 Å². The van der Waals surface area contributed by atoms with E-state index < -0.39 is 0 Å². The van der Waals surface area contributed by atoms with Crippen LogP contribution in [0.2, 0.25) is 0 Å². The molecule has 1 aliphatic carbocycles. The molecule has 0 aliphatic heterocycles. The fourth-order valence-electron chi connectivity index (χ4n) is 2.59. The zero-order valence-corrected chi connectivity index (χ0v) is 11.2. The number of Topliss-reactive ketones (excluding diaryl/α,β-unsaturated/α-hetero) is 1. The van der Waals surface area contributed by atoms with E-state index in [2.05, 4.69) is 20.8 Å². The summed E-state index contributed by atoms with van der Waals surface area (Å²) in [6.07, 6.45) is 5.81. The van der Waals surface area contributed by atoms with Crippen LogP contribution in [-0.2, 0) is 9.53 Å². The predicted molar refractivity (Wildman–Crippen MR) is 66.5 cm³/mol. The Morgan fingerprint density at radius 1 is 1.25 bits per heavy atom. The van der Waals surface area contributed by atoms with Gasteiger partial charge in [-0.1, -0.05) is 40.5 Å². The van der Waals surface area contributed by atoms with Gasteiger partial charge in [-0.05, 0) is 24.2 Å². The lowest BCUT2D eigenvalue weighted by Gasteiger charge is -2.40. The van der Waals surface area contributed by atoms with Crippen LogP contribution in [0, 0.1) is 11.3 Å². The maximum absolute atomic E-state index is 11.3. The van der Waals surface area contributed by atoms with Crippen molar-refractivity contribution in [3.05, 3.63) is 0 Å². The zero-order chi connectivity index (χ0) is 12.2. The Balaban J connectivity index is 2.51. The third-order valence-electron chi connectivity index (χ3n) is 3.67. The van der Waals surface area contributed by atoms with Gasteiger partial charge in [0.05, 0.1) is 6.10 Å². The molecule has 0 N–H and O–H groups in total. The van der Waals surface area contributed by atoms with Gasteiger partial charge in [-0.2, -0.15) is 0 Å². The van der Waals surface area contributed by atoms with Crippen LogP contribution in [0.25, 0.3) is 0 Å². The molecule has 0 aromatic heterocycles. The highest BCUT2D eigenvalue weighted by atomic mass is 16.5. The summed E-state index contributed by atoms with van der Waals surface area (Å²) in [5.74, 6) is 0.823. The van der Waals surface area contributed by atoms with Gasteiger partial charge in [0.1, 0.15) is 6.61 Å². The summed E-state index contributed by atoms with van der Waals surface area (Å²) in [6, 6.07) is 0. The van der Waals surface area contributed by atoms with Crippen molar-refractivity contribution in [2.75, 3.05) is 6.61 Å². The molecule has 1 saturated carbocycles. The van der Waals surface area contributed by atoms with Gasteiger partial charge in [-0.25, -0.2) is 0 Å². The summed E-state index contributed by atoms with van der Waals surface area (Å²) in [7, 11) is 0.